The fourth-order valence-corrected chi connectivity index (χ4v) is 3.19. The van der Waals surface area contributed by atoms with Crippen molar-refractivity contribution in [2.45, 2.75) is 46.5 Å². The van der Waals surface area contributed by atoms with Gasteiger partial charge in [0, 0.05) is 17.9 Å². The number of fused-ring (bicyclic) bond motifs is 1. The summed E-state index contributed by atoms with van der Waals surface area (Å²) in [5, 5.41) is 9.28. The Morgan fingerprint density at radius 2 is 2.25 bits per heavy atom. The van der Waals surface area contributed by atoms with Gasteiger partial charge in [0.15, 0.2) is 0 Å². The predicted octanol–water partition coefficient (Wildman–Crippen LogP) is 3.70. The highest BCUT2D eigenvalue weighted by atomic mass is 16.3. The Balaban J connectivity index is 2.32. The van der Waals surface area contributed by atoms with Crippen molar-refractivity contribution in [2.75, 3.05) is 6.61 Å². The van der Waals surface area contributed by atoms with E-state index in [-0.39, 0.29) is 12.0 Å². The summed E-state index contributed by atoms with van der Waals surface area (Å²) in [4.78, 5) is 0. The number of hydrogen-bond donors (Lipinski definition) is 1. The molecule has 90 valence electrons. The van der Waals surface area contributed by atoms with Crippen LogP contribution in [0.5, 0.6) is 0 Å². The van der Waals surface area contributed by atoms with Crippen molar-refractivity contribution in [3.05, 3.63) is 23.3 Å². The molecule has 0 saturated heterocycles. The fraction of sp³-hybridized carbons (Fsp3) is 0.733. The van der Waals surface area contributed by atoms with Crippen LogP contribution in [0.2, 0.25) is 0 Å². The first-order valence-corrected chi connectivity index (χ1v) is 6.60. The van der Waals surface area contributed by atoms with E-state index in [1.54, 1.807) is 5.57 Å². The molecule has 0 aromatic rings. The van der Waals surface area contributed by atoms with Crippen LogP contribution in [0.1, 0.15) is 46.5 Å². The molecule has 1 N–H and O–H groups in total. The van der Waals surface area contributed by atoms with E-state index >= 15 is 0 Å². The van der Waals surface area contributed by atoms with Gasteiger partial charge in [-0.05, 0) is 31.6 Å². The highest BCUT2D eigenvalue weighted by Crippen LogP contribution is 2.49. The Labute approximate surface area is 99.3 Å². The minimum Gasteiger partial charge on any atom is -0.396 e. The first kappa shape index (κ1) is 11.9. The molecule has 2 aliphatic rings. The Morgan fingerprint density at radius 3 is 2.94 bits per heavy atom. The minimum absolute atomic E-state index is 0.273. The van der Waals surface area contributed by atoms with Gasteiger partial charge in [-0.2, -0.15) is 0 Å². The maximum atomic E-state index is 9.28. The van der Waals surface area contributed by atoms with E-state index in [9.17, 15) is 5.11 Å². The summed E-state index contributed by atoms with van der Waals surface area (Å²) in [7, 11) is 0. The lowest BCUT2D eigenvalue weighted by atomic mass is 9.62. The summed E-state index contributed by atoms with van der Waals surface area (Å²) < 4.78 is 0. The average molecular weight is 220 g/mol. The number of rotatable bonds is 2. The molecule has 2 aliphatic carbocycles. The van der Waals surface area contributed by atoms with Crippen LogP contribution in [0.4, 0.5) is 0 Å². The second kappa shape index (κ2) is 4.37. The molecule has 0 aromatic carbocycles. The van der Waals surface area contributed by atoms with Gasteiger partial charge in [-0.3, -0.25) is 0 Å². The van der Waals surface area contributed by atoms with Gasteiger partial charge in [-0.15, -0.1) is 0 Å². The van der Waals surface area contributed by atoms with E-state index in [0.717, 1.165) is 12.3 Å². The van der Waals surface area contributed by atoms with E-state index in [1.807, 2.05) is 0 Å². The summed E-state index contributed by atoms with van der Waals surface area (Å²) in [6.45, 7) is 7.18. The summed E-state index contributed by atoms with van der Waals surface area (Å²) in [5.41, 5.74) is 3.38. The smallest absolute Gasteiger partial charge is 0.0493 e. The second-order valence-electron chi connectivity index (χ2n) is 5.79. The maximum Gasteiger partial charge on any atom is 0.0493 e. The maximum absolute atomic E-state index is 9.28. The van der Waals surface area contributed by atoms with Gasteiger partial charge in [-0.1, -0.05) is 44.1 Å². The molecule has 0 spiro atoms. The van der Waals surface area contributed by atoms with Gasteiger partial charge in [0.25, 0.3) is 0 Å². The van der Waals surface area contributed by atoms with E-state index in [2.05, 4.69) is 32.9 Å². The van der Waals surface area contributed by atoms with Gasteiger partial charge < -0.3 is 5.11 Å². The molecular weight excluding hydrogens is 196 g/mol. The Bertz CT molecular complexity index is 326. The molecule has 0 aromatic heterocycles. The second-order valence-corrected chi connectivity index (χ2v) is 5.79. The normalized spacial score (nSPS) is 36.1. The molecule has 0 amide bonds. The Hall–Kier alpha value is -0.560. The molecule has 1 heteroatoms. The highest BCUT2D eigenvalue weighted by Gasteiger charge is 2.37. The molecule has 0 fully saturated rings. The van der Waals surface area contributed by atoms with Crippen molar-refractivity contribution in [3.8, 4) is 0 Å². The Kier molecular flexibility index (Phi) is 3.25. The number of hydrogen-bond acceptors (Lipinski definition) is 1. The zero-order chi connectivity index (χ0) is 11.8. The fourth-order valence-electron chi connectivity index (χ4n) is 3.19. The van der Waals surface area contributed by atoms with Crippen molar-refractivity contribution >= 4 is 0 Å². The SMILES string of the molecule is CC(CO)C1=C[C@]2(C)C(=CCC[C@H]2C)CC1. The lowest BCUT2D eigenvalue weighted by Gasteiger charge is -2.43. The molecule has 1 unspecified atom stereocenters. The van der Waals surface area contributed by atoms with Gasteiger partial charge in [-0.25, -0.2) is 0 Å². The lowest BCUT2D eigenvalue weighted by Crippen LogP contribution is -2.32. The van der Waals surface area contributed by atoms with Crippen LogP contribution in [-0.2, 0) is 0 Å². The van der Waals surface area contributed by atoms with Crippen LogP contribution in [0, 0.1) is 17.3 Å². The molecule has 0 radical (unpaired) electrons. The van der Waals surface area contributed by atoms with Crippen molar-refractivity contribution in [1.29, 1.82) is 0 Å². The molecule has 0 saturated carbocycles. The lowest BCUT2D eigenvalue weighted by molar-refractivity contribution is 0.239. The molecule has 1 nitrogen and oxygen atoms in total. The molecule has 0 aliphatic heterocycles. The molecular formula is C15H24O. The predicted molar refractivity (Wildman–Crippen MR) is 68.2 cm³/mol. The summed E-state index contributed by atoms with van der Waals surface area (Å²) >= 11 is 0. The highest BCUT2D eigenvalue weighted by molar-refractivity contribution is 5.32. The largest absolute Gasteiger partial charge is 0.396 e. The van der Waals surface area contributed by atoms with Crippen molar-refractivity contribution < 1.29 is 5.11 Å². The third-order valence-corrected chi connectivity index (χ3v) is 4.78. The monoisotopic (exact) mass is 220 g/mol. The van der Waals surface area contributed by atoms with Crippen LogP contribution >= 0.6 is 0 Å². The van der Waals surface area contributed by atoms with Gasteiger partial charge in [0.1, 0.15) is 0 Å². The summed E-state index contributed by atoms with van der Waals surface area (Å²) in [6.07, 6.45) is 9.83. The zero-order valence-electron chi connectivity index (χ0n) is 10.8. The van der Waals surface area contributed by atoms with Gasteiger partial charge in [0.05, 0.1) is 0 Å². The van der Waals surface area contributed by atoms with Crippen molar-refractivity contribution in [3.63, 3.8) is 0 Å². The molecule has 0 bridgehead atoms. The summed E-state index contributed by atoms with van der Waals surface area (Å²) in [6, 6.07) is 0. The van der Waals surface area contributed by atoms with Crippen LogP contribution in [0.15, 0.2) is 23.3 Å². The third kappa shape index (κ3) is 1.86. The van der Waals surface area contributed by atoms with Crippen LogP contribution < -0.4 is 0 Å². The first-order valence-electron chi connectivity index (χ1n) is 6.60. The quantitative estimate of drug-likeness (QED) is 0.704. The van der Waals surface area contributed by atoms with Gasteiger partial charge >= 0.3 is 0 Å². The van der Waals surface area contributed by atoms with Crippen LogP contribution in [0.25, 0.3) is 0 Å². The average Bonchev–Trinajstić information content (AvgIpc) is 2.29. The number of allylic oxidation sites excluding steroid dienone is 3. The molecule has 2 rings (SSSR count). The van der Waals surface area contributed by atoms with E-state index in [0.29, 0.717) is 5.92 Å². The van der Waals surface area contributed by atoms with Crippen LogP contribution in [-0.4, -0.2) is 11.7 Å². The molecule has 3 atom stereocenters. The molecule has 16 heavy (non-hydrogen) atoms. The first-order chi connectivity index (χ1) is 7.58. The topological polar surface area (TPSA) is 20.2 Å². The standard InChI is InChI=1S/C15H24O/c1-11(10-16)13-7-8-14-6-4-5-12(2)15(14,3)9-13/h6,9,11-12,16H,4-5,7-8,10H2,1-3H3/t11?,12-,15+/m1/s1. The van der Waals surface area contributed by atoms with E-state index < -0.39 is 0 Å². The van der Waals surface area contributed by atoms with Crippen molar-refractivity contribution in [1.82, 2.24) is 0 Å². The molecule has 0 heterocycles. The van der Waals surface area contributed by atoms with E-state index in [4.69, 9.17) is 0 Å². The number of aliphatic hydroxyl groups is 1. The Morgan fingerprint density at radius 1 is 1.50 bits per heavy atom. The summed E-state index contributed by atoms with van der Waals surface area (Å²) in [5.74, 6) is 1.08. The zero-order valence-corrected chi connectivity index (χ0v) is 10.8. The minimum atomic E-state index is 0.273. The van der Waals surface area contributed by atoms with Crippen molar-refractivity contribution in [2.24, 2.45) is 17.3 Å². The third-order valence-electron chi connectivity index (χ3n) is 4.78. The number of aliphatic hydroxyl groups excluding tert-OH is 1. The van der Waals surface area contributed by atoms with E-state index in [1.165, 1.54) is 24.8 Å². The van der Waals surface area contributed by atoms with Crippen LogP contribution in [0.3, 0.4) is 0 Å². The van der Waals surface area contributed by atoms with Gasteiger partial charge in [0.2, 0.25) is 0 Å².